The molecule has 1 aliphatic rings. The van der Waals surface area contributed by atoms with Crippen molar-refractivity contribution in [2.45, 2.75) is 13.1 Å². The third-order valence-electron chi connectivity index (χ3n) is 2.90. The molecule has 0 radical (unpaired) electrons. The smallest absolute Gasteiger partial charge is 0.209 e. The lowest BCUT2D eigenvalue weighted by molar-refractivity contribution is 0.618. The summed E-state index contributed by atoms with van der Waals surface area (Å²) in [5.41, 5.74) is 1.10. The maximum Gasteiger partial charge on any atom is 0.209 e. The molecule has 96 valence electrons. The molecule has 0 saturated heterocycles. The van der Waals surface area contributed by atoms with Crippen LogP contribution in [-0.4, -0.2) is 44.1 Å². The highest BCUT2D eigenvalue weighted by molar-refractivity contribution is 6.07. The Kier molecular flexibility index (Phi) is 3.50. The zero-order valence-electron chi connectivity index (χ0n) is 11.3. The van der Waals surface area contributed by atoms with Crippen LogP contribution in [0.15, 0.2) is 40.3 Å². The number of hydrogen-bond donors (Lipinski definition) is 1. The van der Waals surface area contributed by atoms with Crippen LogP contribution in [0.1, 0.15) is 6.92 Å². The van der Waals surface area contributed by atoms with Gasteiger partial charge in [0.1, 0.15) is 6.17 Å². The summed E-state index contributed by atoms with van der Waals surface area (Å²) >= 11 is 0. The lowest BCUT2D eigenvalue weighted by Gasteiger charge is -2.33. The molecule has 5 heteroatoms. The van der Waals surface area contributed by atoms with Crippen molar-refractivity contribution < 1.29 is 0 Å². The molecule has 0 bridgehead atoms. The molecule has 1 atom stereocenters. The normalized spacial score (nSPS) is 19.1. The average Bonchev–Trinajstić information content (AvgIpc) is 2.41. The van der Waals surface area contributed by atoms with E-state index in [0.717, 1.165) is 17.6 Å². The fraction of sp³-hybridized carbons (Fsp3) is 0.385. The summed E-state index contributed by atoms with van der Waals surface area (Å²) in [7, 11) is 5.84. The second-order valence-corrected chi connectivity index (χ2v) is 4.22. The van der Waals surface area contributed by atoms with Crippen LogP contribution in [-0.2, 0) is 0 Å². The number of benzene rings is 1. The molecule has 1 aliphatic heterocycles. The van der Waals surface area contributed by atoms with Crippen LogP contribution < -0.4 is 10.2 Å². The Morgan fingerprint density at radius 2 is 1.89 bits per heavy atom. The maximum atomic E-state index is 4.58. The number of para-hydroxylation sites is 1. The van der Waals surface area contributed by atoms with Gasteiger partial charge in [0.25, 0.3) is 0 Å². The SMILES string of the molecule is CNC1=NC(C)N=C(N(C)c2ccccc2)N1C. The number of nitrogens with zero attached hydrogens (tertiary/aromatic N) is 4. The van der Waals surface area contributed by atoms with E-state index in [-0.39, 0.29) is 6.17 Å². The van der Waals surface area contributed by atoms with E-state index in [4.69, 9.17) is 0 Å². The first-order chi connectivity index (χ1) is 8.63. The largest absolute Gasteiger partial charge is 0.359 e. The summed E-state index contributed by atoms with van der Waals surface area (Å²) in [5.74, 6) is 1.71. The van der Waals surface area contributed by atoms with E-state index in [1.54, 1.807) is 0 Å². The molecule has 0 aromatic heterocycles. The monoisotopic (exact) mass is 245 g/mol. The van der Waals surface area contributed by atoms with Crippen LogP contribution in [0.3, 0.4) is 0 Å². The van der Waals surface area contributed by atoms with Gasteiger partial charge in [-0.25, -0.2) is 9.98 Å². The molecule has 0 aliphatic carbocycles. The first-order valence-electron chi connectivity index (χ1n) is 5.99. The average molecular weight is 245 g/mol. The molecular weight excluding hydrogens is 226 g/mol. The van der Waals surface area contributed by atoms with Gasteiger partial charge < -0.3 is 10.2 Å². The van der Waals surface area contributed by atoms with E-state index in [9.17, 15) is 0 Å². The third kappa shape index (κ3) is 2.30. The van der Waals surface area contributed by atoms with Crippen LogP contribution in [0.2, 0.25) is 0 Å². The van der Waals surface area contributed by atoms with Crippen molar-refractivity contribution in [2.75, 3.05) is 26.0 Å². The van der Waals surface area contributed by atoms with Crippen LogP contribution in [0.25, 0.3) is 0 Å². The minimum atomic E-state index is -0.0650. The number of anilines is 1. The second-order valence-electron chi connectivity index (χ2n) is 4.22. The summed E-state index contributed by atoms with van der Waals surface area (Å²) in [4.78, 5) is 13.0. The summed E-state index contributed by atoms with van der Waals surface area (Å²) in [6, 6.07) is 10.2. The Bertz CT molecular complexity index is 466. The molecule has 1 heterocycles. The molecule has 0 fully saturated rings. The minimum Gasteiger partial charge on any atom is -0.359 e. The van der Waals surface area contributed by atoms with Crippen molar-refractivity contribution in [1.82, 2.24) is 10.2 Å². The molecule has 1 unspecified atom stereocenters. The van der Waals surface area contributed by atoms with Gasteiger partial charge >= 0.3 is 0 Å². The van der Waals surface area contributed by atoms with Crippen molar-refractivity contribution in [2.24, 2.45) is 9.98 Å². The summed E-state index contributed by atoms with van der Waals surface area (Å²) in [6.45, 7) is 1.98. The zero-order chi connectivity index (χ0) is 13.1. The van der Waals surface area contributed by atoms with Gasteiger partial charge in [0, 0.05) is 26.8 Å². The maximum absolute atomic E-state index is 4.58. The lowest BCUT2D eigenvalue weighted by Crippen LogP contribution is -2.50. The van der Waals surface area contributed by atoms with Gasteiger partial charge in [-0.1, -0.05) is 18.2 Å². The van der Waals surface area contributed by atoms with Crippen molar-refractivity contribution in [1.29, 1.82) is 0 Å². The van der Waals surface area contributed by atoms with Gasteiger partial charge in [-0.05, 0) is 19.1 Å². The second kappa shape index (κ2) is 5.08. The molecule has 0 saturated carbocycles. The van der Waals surface area contributed by atoms with Crippen molar-refractivity contribution in [3.8, 4) is 0 Å². The highest BCUT2D eigenvalue weighted by atomic mass is 15.5. The number of rotatable bonds is 1. The predicted molar refractivity (Wildman–Crippen MR) is 76.0 cm³/mol. The van der Waals surface area contributed by atoms with Gasteiger partial charge in [-0.3, -0.25) is 4.90 Å². The summed E-state index contributed by atoms with van der Waals surface area (Å²) < 4.78 is 0. The molecule has 1 aromatic carbocycles. The minimum absolute atomic E-state index is 0.0650. The number of hydrogen-bond acceptors (Lipinski definition) is 5. The van der Waals surface area contributed by atoms with Gasteiger partial charge in [0.2, 0.25) is 11.9 Å². The van der Waals surface area contributed by atoms with Crippen LogP contribution >= 0.6 is 0 Å². The third-order valence-corrected chi connectivity index (χ3v) is 2.90. The Hall–Kier alpha value is -2.04. The van der Waals surface area contributed by atoms with E-state index in [1.165, 1.54) is 0 Å². The highest BCUT2D eigenvalue weighted by Gasteiger charge is 2.22. The molecule has 0 amide bonds. The molecule has 1 N–H and O–H groups in total. The number of guanidine groups is 2. The van der Waals surface area contributed by atoms with Crippen LogP contribution in [0, 0.1) is 0 Å². The molecular formula is C13H19N5. The van der Waals surface area contributed by atoms with Crippen LogP contribution in [0.4, 0.5) is 5.69 Å². The van der Waals surface area contributed by atoms with Crippen molar-refractivity contribution in [3.63, 3.8) is 0 Å². The predicted octanol–water partition coefficient (Wildman–Crippen LogP) is 1.35. The van der Waals surface area contributed by atoms with E-state index in [0.29, 0.717) is 0 Å². The quantitative estimate of drug-likeness (QED) is 0.812. The van der Waals surface area contributed by atoms with E-state index >= 15 is 0 Å². The Morgan fingerprint density at radius 1 is 1.22 bits per heavy atom. The van der Waals surface area contributed by atoms with Gasteiger partial charge in [-0.2, -0.15) is 0 Å². The Balaban J connectivity index is 2.28. The Labute approximate surface area is 108 Å². The van der Waals surface area contributed by atoms with E-state index < -0.39 is 0 Å². The summed E-state index contributed by atoms with van der Waals surface area (Å²) in [6.07, 6.45) is -0.0650. The standard InChI is InChI=1S/C13H19N5/c1-10-15-12(14-2)18(4)13(16-10)17(3)11-8-6-5-7-9-11/h5-10H,1-4H3,(H,14,15). The highest BCUT2D eigenvalue weighted by Crippen LogP contribution is 2.15. The Morgan fingerprint density at radius 3 is 2.50 bits per heavy atom. The van der Waals surface area contributed by atoms with Crippen molar-refractivity contribution >= 4 is 17.6 Å². The molecule has 1 aromatic rings. The van der Waals surface area contributed by atoms with Gasteiger partial charge in [0.05, 0.1) is 0 Å². The van der Waals surface area contributed by atoms with Gasteiger partial charge in [-0.15, -0.1) is 0 Å². The zero-order valence-corrected chi connectivity index (χ0v) is 11.3. The van der Waals surface area contributed by atoms with E-state index in [1.807, 2.05) is 51.2 Å². The first-order valence-corrected chi connectivity index (χ1v) is 5.99. The fourth-order valence-electron chi connectivity index (χ4n) is 1.95. The topological polar surface area (TPSA) is 43.2 Å². The molecule has 0 spiro atoms. The number of nitrogens with one attached hydrogen (secondary N) is 1. The number of aliphatic imine (C=N–C) groups is 2. The lowest BCUT2D eigenvalue weighted by atomic mass is 10.3. The molecule has 2 rings (SSSR count). The molecule has 18 heavy (non-hydrogen) atoms. The van der Waals surface area contributed by atoms with Crippen molar-refractivity contribution in [3.05, 3.63) is 30.3 Å². The summed E-state index contributed by atoms with van der Waals surface area (Å²) in [5, 5.41) is 3.09. The fourth-order valence-corrected chi connectivity index (χ4v) is 1.95. The van der Waals surface area contributed by atoms with Crippen LogP contribution in [0.5, 0.6) is 0 Å². The molecule has 5 nitrogen and oxygen atoms in total. The first kappa shape index (κ1) is 12.4. The van der Waals surface area contributed by atoms with E-state index in [2.05, 4.69) is 32.3 Å². The van der Waals surface area contributed by atoms with Gasteiger partial charge in [0.15, 0.2) is 0 Å².